The minimum absolute atomic E-state index is 0.392. The first-order valence-electron chi connectivity index (χ1n) is 3.37. The average Bonchev–Trinajstić information content (AvgIpc) is 2.36. The highest BCUT2D eigenvalue weighted by molar-refractivity contribution is 5.86. The topological polar surface area (TPSA) is 67.8 Å². The molecule has 2 atom stereocenters. The van der Waals surface area contributed by atoms with Crippen molar-refractivity contribution >= 4 is 18.8 Å². The van der Waals surface area contributed by atoms with E-state index in [1.807, 2.05) is 6.92 Å². The SMILES string of the molecule is CC1(CC(N)[C]=O)C=NC=N1. The molecular weight excluding hydrogens is 142 g/mol. The molecule has 0 aliphatic carbocycles. The number of nitrogens with two attached hydrogens (primary N) is 1. The fourth-order valence-electron chi connectivity index (χ4n) is 0.985. The summed E-state index contributed by atoms with van der Waals surface area (Å²) in [5.74, 6) is 0. The molecule has 59 valence electrons. The normalized spacial score (nSPS) is 30.7. The van der Waals surface area contributed by atoms with Gasteiger partial charge in [-0.3, -0.25) is 9.79 Å². The Morgan fingerprint density at radius 1 is 1.82 bits per heavy atom. The summed E-state index contributed by atoms with van der Waals surface area (Å²) in [6.45, 7) is 1.87. The van der Waals surface area contributed by atoms with Crippen molar-refractivity contribution in [1.29, 1.82) is 0 Å². The third kappa shape index (κ3) is 1.94. The smallest absolute Gasteiger partial charge is 0.216 e. The van der Waals surface area contributed by atoms with Crippen LogP contribution in [0.5, 0.6) is 0 Å². The maximum atomic E-state index is 10.1. The molecule has 1 radical (unpaired) electrons. The summed E-state index contributed by atoms with van der Waals surface area (Å²) >= 11 is 0. The molecule has 1 heterocycles. The molecule has 2 N–H and O–H groups in total. The van der Waals surface area contributed by atoms with Gasteiger partial charge < -0.3 is 5.73 Å². The third-order valence-corrected chi connectivity index (χ3v) is 1.56. The Labute approximate surface area is 65.2 Å². The summed E-state index contributed by atoms with van der Waals surface area (Å²) < 4.78 is 0. The van der Waals surface area contributed by atoms with Crippen LogP contribution < -0.4 is 5.73 Å². The van der Waals surface area contributed by atoms with Gasteiger partial charge in [0.05, 0.1) is 11.6 Å². The van der Waals surface area contributed by atoms with Crippen LogP contribution in [-0.4, -0.2) is 30.4 Å². The molecule has 0 saturated heterocycles. The van der Waals surface area contributed by atoms with Gasteiger partial charge in [0.1, 0.15) is 6.34 Å². The fourth-order valence-corrected chi connectivity index (χ4v) is 0.985. The van der Waals surface area contributed by atoms with Crippen molar-refractivity contribution in [2.75, 3.05) is 0 Å². The number of hydrogen-bond acceptors (Lipinski definition) is 4. The molecule has 1 aliphatic heterocycles. The van der Waals surface area contributed by atoms with Crippen molar-refractivity contribution in [1.82, 2.24) is 0 Å². The van der Waals surface area contributed by atoms with Crippen LogP contribution in [0.4, 0.5) is 0 Å². The molecule has 2 unspecified atom stereocenters. The van der Waals surface area contributed by atoms with Gasteiger partial charge in [0.2, 0.25) is 6.29 Å². The zero-order valence-electron chi connectivity index (χ0n) is 6.32. The van der Waals surface area contributed by atoms with Gasteiger partial charge in [0, 0.05) is 12.6 Å². The molecule has 1 rings (SSSR count). The highest BCUT2D eigenvalue weighted by atomic mass is 16.1. The second-order valence-corrected chi connectivity index (χ2v) is 2.81. The van der Waals surface area contributed by atoms with E-state index in [-0.39, 0.29) is 0 Å². The molecule has 1 aliphatic rings. The average molecular weight is 152 g/mol. The second kappa shape index (κ2) is 2.92. The Kier molecular flexibility index (Phi) is 2.14. The predicted octanol–water partition coefficient (Wildman–Crippen LogP) is -0.315. The largest absolute Gasteiger partial charge is 0.321 e. The van der Waals surface area contributed by atoms with Gasteiger partial charge in [-0.1, -0.05) is 0 Å². The van der Waals surface area contributed by atoms with Crippen LogP contribution in [-0.2, 0) is 4.79 Å². The van der Waals surface area contributed by atoms with Crippen LogP contribution in [0.3, 0.4) is 0 Å². The summed E-state index contributed by atoms with van der Waals surface area (Å²) in [6, 6.07) is -0.568. The molecule has 11 heavy (non-hydrogen) atoms. The summed E-state index contributed by atoms with van der Waals surface area (Å²) in [4.78, 5) is 18.0. The summed E-state index contributed by atoms with van der Waals surface area (Å²) in [5.41, 5.74) is 4.99. The van der Waals surface area contributed by atoms with E-state index in [4.69, 9.17) is 5.73 Å². The number of rotatable bonds is 3. The van der Waals surface area contributed by atoms with E-state index >= 15 is 0 Å². The van der Waals surface area contributed by atoms with Crippen molar-refractivity contribution < 1.29 is 4.79 Å². The van der Waals surface area contributed by atoms with Crippen LogP contribution in [0.1, 0.15) is 13.3 Å². The van der Waals surface area contributed by atoms with E-state index in [1.165, 1.54) is 6.34 Å². The van der Waals surface area contributed by atoms with Crippen LogP contribution in [0, 0.1) is 0 Å². The lowest BCUT2D eigenvalue weighted by Crippen LogP contribution is -2.34. The minimum Gasteiger partial charge on any atom is -0.321 e. The van der Waals surface area contributed by atoms with Crippen molar-refractivity contribution in [3.05, 3.63) is 0 Å². The van der Waals surface area contributed by atoms with E-state index in [0.717, 1.165) is 0 Å². The molecule has 0 aromatic rings. The van der Waals surface area contributed by atoms with Crippen LogP contribution >= 0.6 is 0 Å². The van der Waals surface area contributed by atoms with Crippen molar-refractivity contribution in [3.8, 4) is 0 Å². The first-order chi connectivity index (χ1) is 5.16. The molecule has 0 amide bonds. The first-order valence-corrected chi connectivity index (χ1v) is 3.37. The lowest BCUT2D eigenvalue weighted by Gasteiger charge is -2.17. The van der Waals surface area contributed by atoms with Crippen molar-refractivity contribution in [2.24, 2.45) is 15.7 Å². The molecule has 0 saturated carbocycles. The Hall–Kier alpha value is -1.03. The van der Waals surface area contributed by atoms with Crippen molar-refractivity contribution in [3.63, 3.8) is 0 Å². The molecule has 0 aromatic carbocycles. The third-order valence-electron chi connectivity index (χ3n) is 1.56. The lowest BCUT2D eigenvalue weighted by molar-refractivity contribution is 0.508. The van der Waals surface area contributed by atoms with Gasteiger partial charge in [0.25, 0.3) is 0 Å². The van der Waals surface area contributed by atoms with E-state index in [1.54, 1.807) is 12.5 Å². The van der Waals surface area contributed by atoms with E-state index in [0.29, 0.717) is 6.42 Å². The summed E-state index contributed by atoms with van der Waals surface area (Å²) in [5, 5.41) is 0. The zero-order valence-corrected chi connectivity index (χ0v) is 6.32. The Morgan fingerprint density at radius 3 is 3.00 bits per heavy atom. The Bertz CT molecular complexity index is 198. The highest BCUT2D eigenvalue weighted by Gasteiger charge is 2.25. The maximum Gasteiger partial charge on any atom is 0.216 e. The standard InChI is InChI=1S/C7H10N3O/c1-7(2-6(8)3-11)4-9-5-10-7/h4-6H,2,8H2,1H3. The van der Waals surface area contributed by atoms with Gasteiger partial charge >= 0.3 is 0 Å². The van der Waals surface area contributed by atoms with Gasteiger partial charge in [-0.15, -0.1) is 0 Å². The van der Waals surface area contributed by atoms with Gasteiger partial charge in [-0.05, 0) is 6.92 Å². The second-order valence-electron chi connectivity index (χ2n) is 2.81. The summed E-state index contributed by atoms with van der Waals surface area (Å²) in [6.07, 6.45) is 5.33. The van der Waals surface area contributed by atoms with Gasteiger partial charge in [0.15, 0.2) is 0 Å². The van der Waals surface area contributed by atoms with Gasteiger partial charge in [-0.25, -0.2) is 4.99 Å². The summed E-state index contributed by atoms with van der Waals surface area (Å²) in [7, 11) is 0. The molecular formula is C7H10N3O. The van der Waals surface area contributed by atoms with E-state index < -0.39 is 11.6 Å². The van der Waals surface area contributed by atoms with Crippen LogP contribution in [0.15, 0.2) is 9.98 Å². The minimum atomic E-state index is -0.568. The van der Waals surface area contributed by atoms with Crippen LogP contribution in [0.2, 0.25) is 0 Å². The van der Waals surface area contributed by atoms with Crippen molar-refractivity contribution in [2.45, 2.75) is 24.9 Å². The van der Waals surface area contributed by atoms with Gasteiger partial charge in [-0.2, -0.15) is 0 Å². The number of carbonyl (C=O) groups excluding carboxylic acids is 1. The molecule has 4 heteroatoms. The van der Waals surface area contributed by atoms with E-state index in [2.05, 4.69) is 9.98 Å². The molecule has 0 aromatic heterocycles. The van der Waals surface area contributed by atoms with Crippen LogP contribution in [0.25, 0.3) is 0 Å². The number of hydrogen-bond donors (Lipinski definition) is 1. The van der Waals surface area contributed by atoms with E-state index in [9.17, 15) is 4.79 Å². The number of nitrogens with zero attached hydrogens (tertiary/aromatic N) is 2. The zero-order chi connectivity index (χ0) is 8.32. The Morgan fingerprint density at radius 2 is 2.55 bits per heavy atom. The first kappa shape index (κ1) is 8.07. The molecule has 0 fully saturated rings. The number of aliphatic imine (C=N–C) groups is 2. The molecule has 0 spiro atoms. The predicted molar refractivity (Wildman–Crippen MR) is 43.7 cm³/mol. The Balaban J connectivity index is 2.54. The highest BCUT2D eigenvalue weighted by Crippen LogP contribution is 2.16. The lowest BCUT2D eigenvalue weighted by atomic mass is 9.97. The maximum absolute atomic E-state index is 10.1. The monoisotopic (exact) mass is 152 g/mol. The molecule has 0 bridgehead atoms. The molecule has 4 nitrogen and oxygen atoms in total. The fraction of sp³-hybridized carbons (Fsp3) is 0.571. The quantitative estimate of drug-likeness (QED) is 0.602.